The van der Waals surface area contributed by atoms with Crippen LogP contribution in [-0.2, 0) is 13.6 Å². The Balaban J connectivity index is 1.60. The third-order valence-corrected chi connectivity index (χ3v) is 3.99. The first-order valence-corrected chi connectivity index (χ1v) is 8.17. The Kier molecular flexibility index (Phi) is 6.55. The molecule has 0 saturated carbocycles. The average Bonchev–Trinajstić information content (AvgIpc) is 3.21. The van der Waals surface area contributed by atoms with Crippen molar-refractivity contribution in [3.05, 3.63) is 34.5 Å². The van der Waals surface area contributed by atoms with E-state index in [4.69, 9.17) is 0 Å². The van der Waals surface area contributed by atoms with E-state index in [1.807, 2.05) is 24.6 Å². The van der Waals surface area contributed by atoms with Crippen LogP contribution in [0.5, 0.6) is 0 Å². The van der Waals surface area contributed by atoms with Crippen molar-refractivity contribution in [1.29, 1.82) is 0 Å². The molecule has 0 aromatic carbocycles. The second kappa shape index (κ2) is 8.89. The number of nitrogens with one attached hydrogen (secondary N) is 3. The van der Waals surface area contributed by atoms with Crippen molar-refractivity contribution >= 4 is 23.2 Å². The van der Waals surface area contributed by atoms with E-state index in [1.165, 1.54) is 17.7 Å². The Labute approximate surface area is 139 Å². The number of aromatic nitrogens is 3. The average molecular weight is 335 g/mol. The molecule has 0 spiro atoms. The van der Waals surface area contributed by atoms with E-state index in [-0.39, 0.29) is 5.91 Å². The third kappa shape index (κ3) is 5.37. The van der Waals surface area contributed by atoms with Gasteiger partial charge in [0.05, 0.1) is 11.4 Å². The number of thiophene rings is 1. The molecule has 0 fully saturated rings. The van der Waals surface area contributed by atoms with Crippen LogP contribution in [0.1, 0.15) is 21.9 Å². The number of carbonyl (C=O) groups is 1. The normalized spacial score (nSPS) is 11.3. The molecule has 2 aromatic rings. The molecule has 2 aromatic heterocycles. The van der Waals surface area contributed by atoms with Gasteiger partial charge < -0.3 is 16.0 Å². The fourth-order valence-electron chi connectivity index (χ4n) is 1.86. The predicted octanol–water partition coefficient (Wildman–Crippen LogP) is 0.362. The van der Waals surface area contributed by atoms with E-state index in [0.29, 0.717) is 25.6 Å². The van der Waals surface area contributed by atoms with Gasteiger partial charge in [-0.1, -0.05) is 6.07 Å². The topological polar surface area (TPSA) is 96.2 Å². The van der Waals surface area contributed by atoms with Gasteiger partial charge >= 0.3 is 0 Å². The van der Waals surface area contributed by atoms with Gasteiger partial charge in [0.1, 0.15) is 12.2 Å². The maximum atomic E-state index is 11.8. The molecule has 124 valence electrons. The van der Waals surface area contributed by atoms with Crippen molar-refractivity contribution in [1.82, 2.24) is 30.7 Å². The van der Waals surface area contributed by atoms with Crippen molar-refractivity contribution < 1.29 is 4.79 Å². The van der Waals surface area contributed by atoms with Crippen molar-refractivity contribution in [2.45, 2.75) is 13.0 Å². The summed E-state index contributed by atoms with van der Waals surface area (Å²) in [6, 6.07) is 3.68. The largest absolute Gasteiger partial charge is 0.356 e. The molecule has 0 aliphatic rings. The molecule has 2 heterocycles. The minimum atomic E-state index is -0.0233. The van der Waals surface area contributed by atoms with E-state index >= 15 is 0 Å². The zero-order valence-corrected chi connectivity index (χ0v) is 14.1. The highest BCUT2D eigenvalue weighted by Crippen LogP contribution is 2.07. The molecule has 1 amide bonds. The van der Waals surface area contributed by atoms with Gasteiger partial charge in [-0.05, 0) is 17.9 Å². The highest BCUT2D eigenvalue weighted by atomic mass is 32.1. The Hall–Kier alpha value is -2.42. The van der Waals surface area contributed by atoms with Gasteiger partial charge in [0.15, 0.2) is 5.96 Å². The van der Waals surface area contributed by atoms with E-state index in [1.54, 1.807) is 11.7 Å². The van der Waals surface area contributed by atoms with E-state index < -0.39 is 0 Å². The lowest BCUT2D eigenvalue weighted by Gasteiger charge is -2.11. The third-order valence-electron chi connectivity index (χ3n) is 3.12. The van der Waals surface area contributed by atoms with Gasteiger partial charge in [0, 0.05) is 27.2 Å². The van der Waals surface area contributed by atoms with Crippen molar-refractivity contribution in [3.63, 3.8) is 0 Å². The molecule has 9 heteroatoms. The molecule has 8 nitrogen and oxygen atoms in total. The smallest absolute Gasteiger partial charge is 0.261 e. The molecular weight excluding hydrogens is 314 g/mol. The second-order valence-electron chi connectivity index (χ2n) is 4.74. The summed E-state index contributed by atoms with van der Waals surface area (Å²) in [5.41, 5.74) is 0. The molecule has 0 aliphatic carbocycles. The van der Waals surface area contributed by atoms with Crippen LogP contribution in [0.4, 0.5) is 0 Å². The van der Waals surface area contributed by atoms with Crippen LogP contribution >= 0.6 is 11.3 Å². The van der Waals surface area contributed by atoms with Crippen LogP contribution in [0.3, 0.4) is 0 Å². The zero-order valence-electron chi connectivity index (χ0n) is 13.2. The zero-order chi connectivity index (χ0) is 16.5. The van der Waals surface area contributed by atoms with E-state index in [0.717, 1.165) is 17.1 Å². The summed E-state index contributed by atoms with van der Waals surface area (Å²) in [5, 5.41) is 15.1. The van der Waals surface area contributed by atoms with Gasteiger partial charge in [-0.25, -0.2) is 4.98 Å². The molecule has 0 bridgehead atoms. The highest BCUT2D eigenvalue weighted by Gasteiger charge is 2.05. The van der Waals surface area contributed by atoms with Gasteiger partial charge in [0.2, 0.25) is 0 Å². The number of amides is 1. The van der Waals surface area contributed by atoms with Gasteiger partial charge in [0.25, 0.3) is 5.91 Å². The quantitative estimate of drug-likeness (QED) is 0.386. The predicted molar refractivity (Wildman–Crippen MR) is 90.5 cm³/mol. The molecule has 23 heavy (non-hydrogen) atoms. The van der Waals surface area contributed by atoms with Crippen LogP contribution in [0, 0.1) is 0 Å². The van der Waals surface area contributed by atoms with E-state index in [9.17, 15) is 4.79 Å². The summed E-state index contributed by atoms with van der Waals surface area (Å²) in [6.45, 7) is 1.87. The molecule has 0 saturated heterocycles. The SMILES string of the molecule is CN=C(NCCCNC(=O)c1cccs1)NCc1ncnn1C. The molecule has 0 aliphatic heterocycles. The van der Waals surface area contributed by atoms with Crippen molar-refractivity contribution in [3.8, 4) is 0 Å². The van der Waals surface area contributed by atoms with Gasteiger partial charge in [-0.2, -0.15) is 5.10 Å². The molecule has 3 N–H and O–H groups in total. The standard InChI is InChI=1S/C14H21N7OS/c1-15-14(18-9-12-19-10-20-21(12)2)17-7-4-6-16-13(22)11-5-3-8-23-11/h3,5,8,10H,4,6-7,9H2,1-2H3,(H,16,22)(H2,15,17,18). The van der Waals surface area contributed by atoms with Gasteiger partial charge in [-0.3, -0.25) is 14.5 Å². The lowest BCUT2D eigenvalue weighted by molar-refractivity contribution is 0.0957. The number of aryl methyl sites for hydroxylation is 1. The summed E-state index contributed by atoms with van der Waals surface area (Å²) in [7, 11) is 3.56. The van der Waals surface area contributed by atoms with Crippen molar-refractivity contribution in [2.24, 2.45) is 12.0 Å². The van der Waals surface area contributed by atoms with Crippen LogP contribution in [0.2, 0.25) is 0 Å². The Bertz CT molecular complexity index is 635. The van der Waals surface area contributed by atoms with Crippen molar-refractivity contribution in [2.75, 3.05) is 20.1 Å². The fourth-order valence-corrected chi connectivity index (χ4v) is 2.50. The fraction of sp³-hybridized carbons (Fsp3) is 0.429. The first kappa shape index (κ1) is 16.9. The Morgan fingerprint density at radius 1 is 1.35 bits per heavy atom. The number of hydrogen-bond donors (Lipinski definition) is 3. The molecule has 2 rings (SSSR count). The molecular formula is C14H21N7OS. The summed E-state index contributed by atoms with van der Waals surface area (Å²) in [6.07, 6.45) is 2.32. The molecule has 0 radical (unpaired) electrons. The van der Waals surface area contributed by atoms with Crippen LogP contribution in [0.15, 0.2) is 28.8 Å². The van der Waals surface area contributed by atoms with Gasteiger partial charge in [-0.15, -0.1) is 11.3 Å². The maximum Gasteiger partial charge on any atom is 0.261 e. The lowest BCUT2D eigenvalue weighted by Crippen LogP contribution is -2.38. The second-order valence-corrected chi connectivity index (χ2v) is 5.69. The number of guanidine groups is 1. The summed E-state index contributed by atoms with van der Waals surface area (Å²) < 4.78 is 1.71. The first-order valence-electron chi connectivity index (χ1n) is 7.30. The molecule has 0 unspecified atom stereocenters. The number of hydrogen-bond acceptors (Lipinski definition) is 5. The maximum absolute atomic E-state index is 11.8. The lowest BCUT2D eigenvalue weighted by atomic mass is 10.4. The number of carbonyl (C=O) groups excluding carboxylic acids is 1. The monoisotopic (exact) mass is 335 g/mol. The summed E-state index contributed by atoms with van der Waals surface area (Å²) in [4.78, 5) is 20.8. The summed E-state index contributed by atoms with van der Waals surface area (Å²) in [5.74, 6) is 1.50. The minimum Gasteiger partial charge on any atom is -0.356 e. The number of rotatable bonds is 7. The van der Waals surface area contributed by atoms with E-state index in [2.05, 4.69) is 31.0 Å². The first-order chi connectivity index (χ1) is 11.2. The van der Waals surface area contributed by atoms with Crippen LogP contribution in [-0.4, -0.2) is 46.8 Å². The highest BCUT2D eigenvalue weighted by molar-refractivity contribution is 7.12. The minimum absolute atomic E-state index is 0.0233. The summed E-state index contributed by atoms with van der Waals surface area (Å²) >= 11 is 1.44. The van der Waals surface area contributed by atoms with Crippen LogP contribution < -0.4 is 16.0 Å². The Morgan fingerprint density at radius 3 is 2.83 bits per heavy atom. The molecule has 0 atom stereocenters. The Morgan fingerprint density at radius 2 is 2.17 bits per heavy atom. The number of nitrogens with zero attached hydrogens (tertiary/aromatic N) is 4. The van der Waals surface area contributed by atoms with Crippen LogP contribution in [0.25, 0.3) is 0 Å². The number of aliphatic imine (C=N–C) groups is 1.